The summed E-state index contributed by atoms with van der Waals surface area (Å²) in [5, 5.41) is 13.7. The zero-order valence-electron chi connectivity index (χ0n) is 15.1. The van der Waals surface area contributed by atoms with Crippen LogP contribution in [0.5, 0.6) is 0 Å². The molecule has 1 aromatic heterocycles. The van der Waals surface area contributed by atoms with E-state index in [1.165, 1.54) is 12.5 Å². The fraction of sp³-hybridized carbons (Fsp3) is 0.381. The van der Waals surface area contributed by atoms with E-state index in [-0.39, 0.29) is 17.5 Å². The lowest BCUT2D eigenvalue weighted by atomic mass is 9.86. The number of nitrogens with zero attached hydrogens (tertiary/aromatic N) is 2. The van der Waals surface area contributed by atoms with Crippen LogP contribution in [0.2, 0.25) is 5.15 Å². The SMILES string of the molecule is Cc1cccc2cc(/C=C(\C#N)C(=O)N[C@@H]3CCCC[C@H]3C)c(Cl)nc12. The molecular formula is C21H22ClN3O. The molecular weight excluding hydrogens is 346 g/mol. The highest BCUT2D eigenvalue weighted by molar-refractivity contribution is 6.31. The highest BCUT2D eigenvalue weighted by Gasteiger charge is 2.24. The van der Waals surface area contributed by atoms with Crippen LogP contribution in [0.3, 0.4) is 0 Å². The summed E-state index contributed by atoms with van der Waals surface area (Å²) in [4.78, 5) is 17.0. The second kappa shape index (κ2) is 7.88. The van der Waals surface area contributed by atoms with Crippen LogP contribution >= 0.6 is 11.6 Å². The summed E-state index contributed by atoms with van der Waals surface area (Å²) in [5.74, 6) is 0.0909. The molecule has 0 radical (unpaired) electrons. The number of benzene rings is 1. The number of aromatic nitrogens is 1. The van der Waals surface area contributed by atoms with E-state index in [1.807, 2.05) is 37.3 Å². The Bertz CT molecular complexity index is 913. The number of fused-ring (bicyclic) bond motifs is 1. The van der Waals surface area contributed by atoms with E-state index in [4.69, 9.17) is 11.6 Å². The Balaban J connectivity index is 1.89. The van der Waals surface area contributed by atoms with E-state index in [0.29, 0.717) is 16.6 Å². The highest BCUT2D eigenvalue weighted by Crippen LogP contribution is 2.26. The lowest BCUT2D eigenvalue weighted by molar-refractivity contribution is -0.118. The summed E-state index contributed by atoms with van der Waals surface area (Å²) in [5.41, 5.74) is 2.49. The van der Waals surface area contributed by atoms with Crippen molar-refractivity contribution in [1.29, 1.82) is 5.26 Å². The number of carbonyl (C=O) groups excluding carboxylic acids is 1. The van der Waals surface area contributed by atoms with Crippen LogP contribution in [0.15, 0.2) is 29.8 Å². The number of amides is 1. The lowest BCUT2D eigenvalue weighted by Crippen LogP contribution is -2.41. The Morgan fingerprint density at radius 1 is 1.38 bits per heavy atom. The molecule has 1 fully saturated rings. The first-order chi connectivity index (χ1) is 12.5. The summed E-state index contributed by atoms with van der Waals surface area (Å²) in [6.07, 6.45) is 5.91. The van der Waals surface area contributed by atoms with Gasteiger partial charge in [0.2, 0.25) is 0 Å². The number of nitrogens with one attached hydrogen (secondary N) is 1. The smallest absolute Gasteiger partial charge is 0.262 e. The first kappa shape index (κ1) is 18.4. The Hall–Kier alpha value is -2.38. The van der Waals surface area contributed by atoms with Crippen molar-refractivity contribution in [2.45, 2.75) is 45.6 Å². The van der Waals surface area contributed by atoms with Crippen molar-refractivity contribution in [2.24, 2.45) is 5.92 Å². The predicted octanol–water partition coefficient (Wildman–Crippen LogP) is 4.80. The molecule has 3 rings (SSSR count). The van der Waals surface area contributed by atoms with Crippen molar-refractivity contribution < 1.29 is 4.79 Å². The molecule has 134 valence electrons. The number of carbonyl (C=O) groups is 1. The number of hydrogen-bond acceptors (Lipinski definition) is 3. The average molecular weight is 368 g/mol. The third-order valence-corrected chi connectivity index (χ3v) is 5.42. The first-order valence-electron chi connectivity index (χ1n) is 8.98. The summed E-state index contributed by atoms with van der Waals surface area (Å²) < 4.78 is 0. The van der Waals surface area contributed by atoms with E-state index in [1.54, 1.807) is 0 Å². The molecule has 0 saturated heterocycles. The summed E-state index contributed by atoms with van der Waals surface area (Å²) in [7, 11) is 0. The second-order valence-electron chi connectivity index (χ2n) is 7.03. The van der Waals surface area contributed by atoms with E-state index < -0.39 is 0 Å². The van der Waals surface area contributed by atoms with Crippen LogP contribution < -0.4 is 5.32 Å². The van der Waals surface area contributed by atoms with Crippen LogP contribution in [0, 0.1) is 24.2 Å². The van der Waals surface area contributed by atoms with Gasteiger partial charge in [-0.1, -0.05) is 49.6 Å². The molecule has 5 heteroatoms. The maximum Gasteiger partial charge on any atom is 0.262 e. The van der Waals surface area contributed by atoms with Gasteiger partial charge in [0.25, 0.3) is 5.91 Å². The monoisotopic (exact) mass is 367 g/mol. The van der Waals surface area contributed by atoms with E-state index in [0.717, 1.165) is 35.7 Å². The first-order valence-corrected chi connectivity index (χ1v) is 9.36. The van der Waals surface area contributed by atoms with Crippen molar-refractivity contribution in [1.82, 2.24) is 10.3 Å². The zero-order valence-corrected chi connectivity index (χ0v) is 15.8. The maximum atomic E-state index is 12.6. The van der Waals surface area contributed by atoms with Crippen molar-refractivity contribution in [2.75, 3.05) is 0 Å². The fourth-order valence-corrected chi connectivity index (χ4v) is 3.72. The quantitative estimate of drug-likeness (QED) is 0.481. The van der Waals surface area contributed by atoms with Gasteiger partial charge >= 0.3 is 0 Å². The third-order valence-electron chi connectivity index (χ3n) is 5.12. The molecule has 1 saturated carbocycles. The number of pyridine rings is 1. The number of halogens is 1. The Morgan fingerprint density at radius 2 is 2.15 bits per heavy atom. The van der Waals surface area contributed by atoms with Crippen molar-refractivity contribution in [3.63, 3.8) is 0 Å². The van der Waals surface area contributed by atoms with Gasteiger partial charge in [0, 0.05) is 17.0 Å². The molecule has 0 spiro atoms. The minimum absolute atomic E-state index is 0.0541. The summed E-state index contributed by atoms with van der Waals surface area (Å²) in [6.45, 7) is 4.12. The van der Waals surface area contributed by atoms with Gasteiger partial charge < -0.3 is 5.32 Å². The van der Waals surface area contributed by atoms with Gasteiger partial charge in [-0.2, -0.15) is 5.26 Å². The zero-order chi connectivity index (χ0) is 18.7. The fourth-order valence-electron chi connectivity index (χ4n) is 3.52. The molecule has 26 heavy (non-hydrogen) atoms. The number of nitriles is 1. The van der Waals surface area contributed by atoms with Gasteiger partial charge in [-0.3, -0.25) is 4.79 Å². The second-order valence-corrected chi connectivity index (χ2v) is 7.38. The third kappa shape index (κ3) is 3.89. The maximum absolute atomic E-state index is 12.6. The largest absolute Gasteiger partial charge is 0.348 e. The number of para-hydroxylation sites is 1. The topological polar surface area (TPSA) is 65.8 Å². The standard InChI is InChI=1S/C21H22ClN3O/c1-13-6-3-4-9-18(13)24-21(26)17(12-23)11-16-10-15-8-5-7-14(2)19(15)25-20(16)22/h5,7-8,10-11,13,18H,3-4,6,9H2,1-2H3,(H,24,26)/b17-11+/t13-,18-/m1/s1. The van der Waals surface area contributed by atoms with Crippen LogP contribution in [0.1, 0.15) is 43.7 Å². The number of aryl methyl sites for hydroxylation is 1. The Labute approximate surface area is 158 Å². The molecule has 1 aliphatic rings. The molecule has 1 heterocycles. The van der Waals surface area contributed by atoms with Gasteiger partial charge in [0.05, 0.1) is 5.52 Å². The van der Waals surface area contributed by atoms with Crippen molar-refractivity contribution >= 4 is 34.5 Å². The van der Waals surface area contributed by atoms with Gasteiger partial charge in [-0.15, -0.1) is 0 Å². The van der Waals surface area contributed by atoms with Crippen LogP contribution in [0.25, 0.3) is 17.0 Å². The van der Waals surface area contributed by atoms with Crippen LogP contribution in [-0.4, -0.2) is 16.9 Å². The molecule has 0 bridgehead atoms. The lowest BCUT2D eigenvalue weighted by Gasteiger charge is -2.29. The van der Waals surface area contributed by atoms with Crippen molar-refractivity contribution in [3.05, 3.63) is 46.1 Å². The normalized spacial score (nSPS) is 20.6. The molecule has 4 nitrogen and oxygen atoms in total. The van der Waals surface area contributed by atoms with Crippen LogP contribution in [0.4, 0.5) is 0 Å². The number of rotatable bonds is 3. The average Bonchev–Trinajstić information content (AvgIpc) is 2.62. The van der Waals surface area contributed by atoms with E-state index >= 15 is 0 Å². The molecule has 0 unspecified atom stereocenters. The predicted molar refractivity (Wildman–Crippen MR) is 105 cm³/mol. The molecule has 0 aliphatic heterocycles. The Morgan fingerprint density at radius 3 is 2.88 bits per heavy atom. The van der Waals surface area contributed by atoms with Gasteiger partial charge in [0.1, 0.15) is 16.8 Å². The van der Waals surface area contributed by atoms with E-state index in [9.17, 15) is 10.1 Å². The summed E-state index contributed by atoms with van der Waals surface area (Å²) >= 11 is 6.30. The van der Waals surface area contributed by atoms with Crippen molar-refractivity contribution in [3.8, 4) is 6.07 Å². The molecule has 2 aromatic rings. The molecule has 1 N–H and O–H groups in total. The van der Waals surface area contributed by atoms with Gasteiger partial charge in [0.15, 0.2) is 0 Å². The highest BCUT2D eigenvalue weighted by atomic mass is 35.5. The van der Waals surface area contributed by atoms with Crippen LogP contribution in [-0.2, 0) is 4.79 Å². The molecule has 1 aliphatic carbocycles. The minimum Gasteiger partial charge on any atom is -0.348 e. The van der Waals surface area contributed by atoms with Gasteiger partial charge in [-0.25, -0.2) is 4.98 Å². The molecule has 2 atom stereocenters. The minimum atomic E-state index is -0.341. The number of hydrogen-bond donors (Lipinski definition) is 1. The molecule has 1 aromatic carbocycles. The van der Waals surface area contributed by atoms with Gasteiger partial charge in [-0.05, 0) is 43.4 Å². The Kier molecular flexibility index (Phi) is 5.58. The summed E-state index contributed by atoms with van der Waals surface area (Å²) in [6, 6.07) is 9.86. The van der Waals surface area contributed by atoms with E-state index in [2.05, 4.69) is 17.2 Å². The molecule has 1 amide bonds.